The summed E-state index contributed by atoms with van der Waals surface area (Å²) in [6.07, 6.45) is 2.81. The van der Waals surface area contributed by atoms with Gasteiger partial charge in [-0.3, -0.25) is 4.79 Å². The van der Waals surface area contributed by atoms with Crippen LogP contribution in [0.1, 0.15) is 41.1 Å². The average Bonchev–Trinajstić information content (AvgIpc) is 3.47. The summed E-state index contributed by atoms with van der Waals surface area (Å²) in [6.45, 7) is 2.67. The number of amides is 1. The lowest BCUT2D eigenvalue weighted by atomic mass is 10.1. The van der Waals surface area contributed by atoms with Crippen LogP contribution in [0.4, 0.5) is 4.39 Å². The maximum Gasteiger partial charge on any atom is 0.292 e. The Morgan fingerprint density at radius 1 is 1.21 bits per heavy atom. The van der Waals surface area contributed by atoms with Crippen LogP contribution in [0.25, 0.3) is 11.3 Å². The Morgan fingerprint density at radius 3 is 2.93 bits per heavy atom. The molecular weight excluding hydrogens is 375 g/mol. The lowest BCUT2D eigenvalue weighted by molar-refractivity contribution is 0.0716. The summed E-state index contributed by atoms with van der Waals surface area (Å²) in [6, 6.07) is 8.02. The van der Waals surface area contributed by atoms with Crippen molar-refractivity contribution in [1.29, 1.82) is 0 Å². The van der Waals surface area contributed by atoms with Gasteiger partial charge < -0.3 is 19.3 Å². The molecule has 1 aromatic carbocycles. The first kappa shape index (κ1) is 18.0. The zero-order valence-electron chi connectivity index (χ0n) is 15.8. The molecule has 1 fully saturated rings. The van der Waals surface area contributed by atoms with Crippen LogP contribution in [-0.2, 0) is 13.0 Å². The number of hydrogen-bond donors (Lipinski definition) is 1. The van der Waals surface area contributed by atoms with Gasteiger partial charge in [-0.05, 0) is 31.5 Å². The van der Waals surface area contributed by atoms with Gasteiger partial charge in [-0.2, -0.15) is 0 Å². The molecule has 5 rings (SSSR count). The molecule has 1 unspecified atom stereocenters. The van der Waals surface area contributed by atoms with Gasteiger partial charge in [-0.15, -0.1) is 10.2 Å². The second-order valence-electron chi connectivity index (χ2n) is 7.37. The molecule has 0 radical (unpaired) electrons. The summed E-state index contributed by atoms with van der Waals surface area (Å²) in [5, 5.41) is 16.1. The van der Waals surface area contributed by atoms with Gasteiger partial charge >= 0.3 is 0 Å². The second-order valence-corrected chi connectivity index (χ2v) is 7.37. The number of benzene rings is 1. The van der Waals surface area contributed by atoms with Crippen LogP contribution in [-0.4, -0.2) is 50.4 Å². The zero-order chi connectivity index (χ0) is 19.8. The fourth-order valence-electron chi connectivity index (χ4n) is 4.04. The number of hydrogen-bond acceptors (Lipinski definition) is 6. The molecule has 0 aliphatic carbocycles. The molecule has 0 spiro atoms. The first-order valence-corrected chi connectivity index (χ1v) is 9.87. The van der Waals surface area contributed by atoms with Crippen molar-refractivity contribution in [2.75, 3.05) is 19.6 Å². The summed E-state index contributed by atoms with van der Waals surface area (Å²) in [7, 11) is 0. The molecule has 2 aliphatic heterocycles. The molecule has 3 aromatic rings. The number of aromatic nitrogens is 4. The summed E-state index contributed by atoms with van der Waals surface area (Å²) in [5.74, 6) is 1.31. The third kappa shape index (κ3) is 3.31. The molecule has 29 heavy (non-hydrogen) atoms. The van der Waals surface area contributed by atoms with E-state index in [0.717, 1.165) is 31.0 Å². The van der Waals surface area contributed by atoms with E-state index < -0.39 is 5.82 Å². The average molecular weight is 396 g/mol. The number of carbonyl (C=O) groups excluding carboxylic acids is 1. The highest BCUT2D eigenvalue weighted by Gasteiger charge is 2.28. The predicted octanol–water partition coefficient (Wildman–Crippen LogP) is 2.20. The number of carbonyl (C=O) groups is 1. The molecule has 2 aromatic heterocycles. The van der Waals surface area contributed by atoms with Crippen LogP contribution >= 0.6 is 0 Å². The highest BCUT2D eigenvalue weighted by molar-refractivity contribution is 5.92. The number of rotatable bonds is 3. The topological polar surface area (TPSA) is 89.1 Å². The highest BCUT2D eigenvalue weighted by atomic mass is 19.1. The predicted molar refractivity (Wildman–Crippen MR) is 102 cm³/mol. The van der Waals surface area contributed by atoms with Crippen molar-refractivity contribution in [3.8, 4) is 11.3 Å². The highest BCUT2D eigenvalue weighted by Crippen LogP contribution is 2.25. The molecule has 1 atom stereocenters. The largest absolute Gasteiger partial charge is 0.350 e. The minimum Gasteiger partial charge on any atom is -0.350 e. The third-order valence-corrected chi connectivity index (χ3v) is 5.58. The van der Waals surface area contributed by atoms with E-state index in [9.17, 15) is 9.18 Å². The lowest BCUT2D eigenvalue weighted by Gasteiger charge is -2.18. The maximum absolute atomic E-state index is 14.0. The fourth-order valence-corrected chi connectivity index (χ4v) is 4.04. The van der Waals surface area contributed by atoms with E-state index in [0.29, 0.717) is 37.3 Å². The Kier molecular flexibility index (Phi) is 4.59. The van der Waals surface area contributed by atoms with Crippen LogP contribution in [0.3, 0.4) is 0 Å². The molecule has 9 heteroatoms. The standard InChI is InChI=1S/C20H21FN6O2/c21-14-5-2-1-4-13(14)16-12-17(29-25-16)20(28)26-9-7-18-23-24-19(27(18)11-10-26)15-6-3-8-22-15/h1-2,4-5,12,15,22H,3,6-11H2. The monoisotopic (exact) mass is 396 g/mol. The van der Waals surface area contributed by atoms with Gasteiger partial charge in [0.15, 0.2) is 0 Å². The number of nitrogens with one attached hydrogen (secondary N) is 1. The molecule has 1 saturated heterocycles. The summed E-state index contributed by atoms with van der Waals surface area (Å²) >= 11 is 0. The van der Waals surface area contributed by atoms with E-state index in [1.54, 1.807) is 23.1 Å². The smallest absolute Gasteiger partial charge is 0.292 e. The Labute approximate surface area is 166 Å². The van der Waals surface area contributed by atoms with Crippen molar-refractivity contribution in [3.05, 3.63) is 53.6 Å². The molecule has 2 aliphatic rings. The zero-order valence-corrected chi connectivity index (χ0v) is 15.8. The van der Waals surface area contributed by atoms with E-state index in [2.05, 4.69) is 25.2 Å². The van der Waals surface area contributed by atoms with Gasteiger partial charge in [0.1, 0.15) is 23.2 Å². The molecule has 1 amide bonds. The Balaban J connectivity index is 1.32. The van der Waals surface area contributed by atoms with E-state index in [4.69, 9.17) is 4.52 Å². The molecule has 8 nitrogen and oxygen atoms in total. The lowest BCUT2D eigenvalue weighted by Crippen LogP contribution is -2.33. The van der Waals surface area contributed by atoms with Crippen LogP contribution in [0.5, 0.6) is 0 Å². The summed E-state index contributed by atoms with van der Waals surface area (Å²) in [4.78, 5) is 14.7. The number of nitrogens with zero attached hydrogens (tertiary/aromatic N) is 5. The quantitative estimate of drug-likeness (QED) is 0.730. The molecule has 0 saturated carbocycles. The van der Waals surface area contributed by atoms with Crippen molar-refractivity contribution >= 4 is 5.91 Å². The molecule has 4 heterocycles. The first-order chi connectivity index (χ1) is 14.2. The van der Waals surface area contributed by atoms with Crippen molar-refractivity contribution in [3.63, 3.8) is 0 Å². The van der Waals surface area contributed by atoms with E-state index >= 15 is 0 Å². The molecular formula is C20H21FN6O2. The SMILES string of the molecule is O=C(c1cc(-c2ccccc2F)no1)N1CCc2nnc(C3CCCN3)n2CC1. The van der Waals surface area contributed by atoms with Gasteiger partial charge in [-0.1, -0.05) is 17.3 Å². The van der Waals surface area contributed by atoms with Crippen molar-refractivity contribution in [1.82, 2.24) is 30.1 Å². The summed E-state index contributed by atoms with van der Waals surface area (Å²) < 4.78 is 21.3. The van der Waals surface area contributed by atoms with Crippen LogP contribution in [0.15, 0.2) is 34.9 Å². The number of halogens is 1. The molecule has 0 bridgehead atoms. The van der Waals surface area contributed by atoms with Crippen molar-refractivity contribution in [2.24, 2.45) is 0 Å². The van der Waals surface area contributed by atoms with Gasteiger partial charge in [0.25, 0.3) is 5.91 Å². The molecule has 150 valence electrons. The van der Waals surface area contributed by atoms with E-state index in [1.165, 1.54) is 12.1 Å². The minimum absolute atomic E-state index is 0.110. The second kappa shape index (κ2) is 7.40. The van der Waals surface area contributed by atoms with E-state index in [-0.39, 0.29) is 17.7 Å². The first-order valence-electron chi connectivity index (χ1n) is 9.87. The fraction of sp³-hybridized carbons (Fsp3) is 0.400. The summed E-state index contributed by atoms with van der Waals surface area (Å²) in [5.41, 5.74) is 0.624. The third-order valence-electron chi connectivity index (χ3n) is 5.58. The van der Waals surface area contributed by atoms with Crippen LogP contribution in [0.2, 0.25) is 0 Å². The maximum atomic E-state index is 14.0. The van der Waals surface area contributed by atoms with Crippen molar-refractivity contribution < 1.29 is 13.7 Å². The van der Waals surface area contributed by atoms with Crippen LogP contribution in [0, 0.1) is 5.82 Å². The van der Waals surface area contributed by atoms with Gasteiger partial charge in [0.2, 0.25) is 5.76 Å². The van der Waals surface area contributed by atoms with Crippen molar-refractivity contribution in [2.45, 2.75) is 31.8 Å². The van der Waals surface area contributed by atoms with E-state index in [1.807, 2.05) is 0 Å². The Hall–Kier alpha value is -3.07. The van der Waals surface area contributed by atoms with Gasteiger partial charge in [-0.25, -0.2) is 4.39 Å². The molecule has 1 N–H and O–H groups in total. The minimum atomic E-state index is -0.402. The normalized spacial score (nSPS) is 19.2. The van der Waals surface area contributed by atoms with Gasteiger partial charge in [0, 0.05) is 37.7 Å². The van der Waals surface area contributed by atoms with Gasteiger partial charge in [0.05, 0.1) is 6.04 Å². The number of fused-ring (bicyclic) bond motifs is 1. The van der Waals surface area contributed by atoms with Crippen LogP contribution < -0.4 is 5.32 Å². The Bertz CT molecular complexity index is 1040. The Morgan fingerprint density at radius 2 is 2.10 bits per heavy atom.